The lowest BCUT2D eigenvalue weighted by Crippen LogP contribution is -2.53. The fourth-order valence-corrected chi connectivity index (χ4v) is 4.68. The first-order chi connectivity index (χ1) is 16.4. The van der Waals surface area contributed by atoms with E-state index in [1.807, 2.05) is 25.3 Å². The molecule has 1 amide bonds. The third-order valence-electron chi connectivity index (χ3n) is 6.25. The van der Waals surface area contributed by atoms with Crippen molar-refractivity contribution in [3.63, 3.8) is 0 Å². The SMILES string of the molecule is CCC1=Cc2ncc(CN3CCN(c4cnc(C(=O)NC)c(Cl)c4)[C@@H](CC#N)C3)cc2NC1O. The van der Waals surface area contributed by atoms with Crippen LogP contribution >= 0.6 is 11.6 Å². The number of aliphatic hydroxyl groups is 1. The number of carbonyl (C=O) groups excluding carboxylic acids is 1. The molecule has 0 saturated carbocycles. The number of nitriles is 1. The van der Waals surface area contributed by atoms with Gasteiger partial charge in [0.15, 0.2) is 0 Å². The number of anilines is 2. The number of piperazine rings is 1. The Morgan fingerprint density at radius 2 is 2.18 bits per heavy atom. The topological polar surface area (TPSA) is 117 Å². The van der Waals surface area contributed by atoms with Gasteiger partial charge in [0.1, 0.15) is 11.9 Å². The lowest BCUT2D eigenvalue weighted by Gasteiger charge is -2.42. The lowest BCUT2D eigenvalue weighted by atomic mass is 10.0. The van der Waals surface area contributed by atoms with Gasteiger partial charge < -0.3 is 20.6 Å². The molecule has 2 aromatic rings. The Labute approximate surface area is 204 Å². The smallest absolute Gasteiger partial charge is 0.271 e. The second-order valence-electron chi connectivity index (χ2n) is 8.44. The van der Waals surface area contributed by atoms with Crippen molar-refractivity contribution in [1.82, 2.24) is 20.2 Å². The molecule has 3 N–H and O–H groups in total. The third-order valence-corrected chi connectivity index (χ3v) is 6.54. The first-order valence-electron chi connectivity index (χ1n) is 11.3. The molecule has 2 atom stereocenters. The number of aromatic nitrogens is 2. The maximum atomic E-state index is 11.9. The monoisotopic (exact) mass is 481 g/mol. The van der Waals surface area contributed by atoms with E-state index in [1.54, 1.807) is 12.3 Å². The molecule has 1 fully saturated rings. The number of hydrogen-bond acceptors (Lipinski definition) is 8. The van der Waals surface area contributed by atoms with Crippen LogP contribution in [0.4, 0.5) is 11.4 Å². The van der Waals surface area contributed by atoms with Crippen molar-refractivity contribution in [3.05, 3.63) is 52.1 Å². The minimum absolute atomic E-state index is 0.0388. The molecule has 178 valence electrons. The number of pyridine rings is 2. The number of nitrogens with one attached hydrogen (secondary N) is 2. The number of carbonyl (C=O) groups is 1. The van der Waals surface area contributed by atoms with E-state index in [-0.39, 0.29) is 22.7 Å². The Hall–Kier alpha value is -3.19. The lowest BCUT2D eigenvalue weighted by molar-refractivity contribution is 0.0958. The summed E-state index contributed by atoms with van der Waals surface area (Å²) in [4.78, 5) is 25.1. The molecule has 1 unspecified atom stereocenters. The quantitative estimate of drug-likeness (QED) is 0.576. The van der Waals surface area contributed by atoms with Gasteiger partial charge in [-0.3, -0.25) is 14.7 Å². The summed E-state index contributed by atoms with van der Waals surface area (Å²) in [6, 6.07) is 6.02. The predicted octanol–water partition coefficient (Wildman–Crippen LogP) is 2.63. The number of rotatable bonds is 6. The normalized spacial score (nSPS) is 20.1. The molecular formula is C24H28ClN7O2. The molecule has 2 aliphatic heterocycles. The molecular weight excluding hydrogens is 454 g/mol. The Kier molecular flexibility index (Phi) is 7.32. The van der Waals surface area contributed by atoms with Gasteiger partial charge in [0, 0.05) is 39.4 Å². The van der Waals surface area contributed by atoms with Gasteiger partial charge in [-0.1, -0.05) is 18.5 Å². The first-order valence-corrected chi connectivity index (χ1v) is 11.7. The summed E-state index contributed by atoms with van der Waals surface area (Å²) in [5.41, 5.74) is 4.60. The zero-order valence-electron chi connectivity index (χ0n) is 19.3. The van der Waals surface area contributed by atoms with Crippen LogP contribution in [0.25, 0.3) is 6.08 Å². The summed E-state index contributed by atoms with van der Waals surface area (Å²) in [5, 5.41) is 25.6. The van der Waals surface area contributed by atoms with E-state index in [2.05, 4.69) is 36.5 Å². The Balaban J connectivity index is 1.47. The second-order valence-corrected chi connectivity index (χ2v) is 8.85. The van der Waals surface area contributed by atoms with Gasteiger partial charge in [0.05, 0.1) is 46.8 Å². The van der Waals surface area contributed by atoms with Crippen LogP contribution in [0.2, 0.25) is 5.02 Å². The molecule has 2 aliphatic rings. The van der Waals surface area contributed by atoms with E-state index in [1.165, 1.54) is 7.05 Å². The summed E-state index contributed by atoms with van der Waals surface area (Å²) in [7, 11) is 1.53. The van der Waals surface area contributed by atoms with Gasteiger partial charge in [-0.15, -0.1) is 0 Å². The summed E-state index contributed by atoms with van der Waals surface area (Å²) in [6.07, 6.45) is 5.88. The van der Waals surface area contributed by atoms with Crippen molar-refractivity contribution in [2.45, 2.75) is 38.6 Å². The van der Waals surface area contributed by atoms with Crippen LogP contribution in [0.3, 0.4) is 0 Å². The molecule has 34 heavy (non-hydrogen) atoms. The molecule has 2 aromatic heterocycles. The van der Waals surface area contributed by atoms with Gasteiger partial charge >= 0.3 is 0 Å². The predicted molar refractivity (Wildman–Crippen MR) is 131 cm³/mol. The fourth-order valence-electron chi connectivity index (χ4n) is 4.44. The molecule has 0 bridgehead atoms. The van der Waals surface area contributed by atoms with Gasteiger partial charge in [0.2, 0.25) is 0 Å². The van der Waals surface area contributed by atoms with Crippen LogP contribution in [0.5, 0.6) is 0 Å². The summed E-state index contributed by atoms with van der Waals surface area (Å²) in [5.74, 6) is -0.336. The van der Waals surface area contributed by atoms with Crippen LogP contribution in [-0.4, -0.2) is 64.8 Å². The van der Waals surface area contributed by atoms with E-state index in [9.17, 15) is 15.2 Å². The van der Waals surface area contributed by atoms with Crippen LogP contribution in [0, 0.1) is 11.3 Å². The van der Waals surface area contributed by atoms with Crippen molar-refractivity contribution in [3.8, 4) is 6.07 Å². The molecule has 0 aromatic carbocycles. The van der Waals surface area contributed by atoms with Crippen LogP contribution in [0.1, 0.15) is 41.5 Å². The number of nitrogens with zero attached hydrogens (tertiary/aromatic N) is 5. The first kappa shape index (κ1) is 24.0. The Bertz CT molecular complexity index is 1150. The van der Waals surface area contributed by atoms with Crippen molar-refractivity contribution in [1.29, 1.82) is 5.26 Å². The standard InChI is InChI=1S/C24H28ClN7O2/c1-3-16-9-20-21(30-23(16)33)8-15(11-28-20)13-31-6-7-32(17(14-31)4-5-26)18-10-19(25)22(29-12-18)24(34)27-2/h8-12,17,23,30,33H,3-4,6-7,13-14H2,1-2H3,(H,27,34)/t17-,23?/m0/s1. The number of hydrogen-bond donors (Lipinski definition) is 3. The minimum atomic E-state index is -0.687. The van der Waals surface area contributed by atoms with Gasteiger partial charge in [-0.25, -0.2) is 4.98 Å². The largest absolute Gasteiger partial charge is 0.370 e. The summed E-state index contributed by atoms with van der Waals surface area (Å²) < 4.78 is 0. The molecule has 0 aliphatic carbocycles. The van der Waals surface area contributed by atoms with Crippen LogP contribution in [0.15, 0.2) is 30.1 Å². The molecule has 10 heteroatoms. The molecule has 0 radical (unpaired) electrons. The molecule has 0 spiro atoms. The maximum Gasteiger partial charge on any atom is 0.271 e. The summed E-state index contributed by atoms with van der Waals surface area (Å²) >= 11 is 6.31. The van der Waals surface area contributed by atoms with Crippen molar-refractivity contribution < 1.29 is 9.90 Å². The highest BCUT2D eigenvalue weighted by Crippen LogP contribution is 2.29. The van der Waals surface area contributed by atoms with E-state index in [4.69, 9.17) is 11.6 Å². The van der Waals surface area contributed by atoms with E-state index < -0.39 is 6.23 Å². The van der Waals surface area contributed by atoms with Crippen molar-refractivity contribution >= 4 is 35.0 Å². The highest BCUT2D eigenvalue weighted by molar-refractivity contribution is 6.33. The van der Waals surface area contributed by atoms with Crippen molar-refractivity contribution in [2.75, 3.05) is 36.9 Å². The average molecular weight is 482 g/mol. The zero-order valence-corrected chi connectivity index (χ0v) is 20.0. The zero-order chi connectivity index (χ0) is 24.2. The van der Waals surface area contributed by atoms with E-state index >= 15 is 0 Å². The number of halogens is 1. The van der Waals surface area contributed by atoms with Crippen LogP contribution < -0.4 is 15.5 Å². The van der Waals surface area contributed by atoms with Crippen molar-refractivity contribution in [2.24, 2.45) is 0 Å². The number of fused-ring (bicyclic) bond motifs is 1. The van der Waals surface area contributed by atoms with Gasteiger partial charge in [0.25, 0.3) is 5.91 Å². The fraction of sp³-hybridized carbons (Fsp3) is 0.417. The number of amides is 1. The third kappa shape index (κ3) is 4.99. The maximum absolute atomic E-state index is 11.9. The molecule has 1 saturated heterocycles. The Morgan fingerprint density at radius 3 is 2.88 bits per heavy atom. The highest BCUT2D eigenvalue weighted by atomic mass is 35.5. The van der Waals surface area contributed by atoms with Crippen LogP contribution in [-0.2, 0) is 6.54 Å². The minimum Gasteiger partial charge on any atom is -0.370 e. The molecule has 4 heterocycles. The molecule has 4 rings (SSSR count). The highest BCUT2D eigenvalue weighted by Gasteiger charge is 2.28. The van der Waals surface area contributed by atoms with E-state index in [0.29, 0.717) is 26.1 Å². The Morgan fingerprint density at radius 1 is 1.35 bits per heavy atom. The van der Waals surface area contributed by atoms with Gasteiger partial charge in [-0.05, 0) is 35.8 Å². The average Bonchev–Trinajstić information content (AvgIpc) is 2.83. The molecule has 9 nitrogen and oxygen atoms in total. The van der Waals surface area contributed by atoms with Gasteiger partial charge in [-0.2, -0.15) is 5.26 Å². The number of aliphatic hydroxyl groups excluding tert-OH is 1. The summed E-state index contributed by atoms with van der Waals surface area (Å²) in [6.45, 7) is 4.86. The van der Waals surface area contributed by atoms with E-state index in [0.717, 1.165) is 41.2 Å². The second kappa shape index (κ2) is 10.4.